The number of benzene rings is 1. The van der Waals surface area contributed by atoms with Crippen LogP contribution in [0.4, 0.5) is 10.1 Å². The van der Waals surface area contributed by atoms with Gasteiger partial charge in [0.05, 0.1) is 0 Å². The molecule has 1 heterocycles. The van der Waals surface area contributed by atoms with Crippen LogP contribution in [0.25, 0.3) is 0 Å². The minimum absolute atomic E-state index is 0.173. The molecule has 3 atom stereocenters. The van der Waals surface area contributed by atoms with Crippen molar-refractivity contribution in [2.45, 2.75) is 31.7 Å². The van der Waals surface area contributed by atoms with Crippen molar-refractivity contribution in [3.8, 4) is 0 Å². The van der Waals surface area contributed by atoms with Gasteiger partial charge in [-0.3, -0.25) is 0 Å². The van der Waals surface area contributed by atoms with E-state index in [0.717, 1.165) is 31.2 Å². The largest absolute Gasteiger partial charge is 0.382 e. The number of fused-ring (bicyclic) bond motifs is 1. The highest BCUT2D eigenvalue weighted by Gasteiger charge is 2.35. The lowest BCUT2D eigenvalue weighted by Gasteiger charge is -2.41. The predicted octanol–water partition coefficient (Wildman–Crippen LogP) is 3.44. The first-order valence-corrected chi connectivity index (χ1v) is 6.93. The van der Waals surface area contributed by atoms with Gasteiger partial charge in [0.2, 0.25) is 0 Å². The van der Waals surface area contributed by atoms with Crippen LogP contribution >= 0.6 is 0 Å². The molecular formula is C15H20FNO. The average molecular weight is 249 g/mol. The monoisotopic (exact) mass is 249 g/mol. The summed E-state index contributed by atoms with van der Waals surface area (Å²) in [6.07, 6.45) is 4.94. The van der Waals surface area contributed by atoms with E-state index in [4.69, 9.17) is 4.74 Å². The SMILES string of the molecule is Fc1ccc(NC2CCCC3COCCC32)cc1. The number of nitrogens with one attached hydrogen (secondary N) is 1. The van der Waals surface area contributed by atoms with Crippen LogP contribution in [0.5, 0.6) is 0 Å². The summed E-state index contributed by atoms with van der Waals surface area (Å²) in [5.41, 5.74) is 1.04. The van der Waals surface area contributed by atoms with Crippen molar-refractivity contribution in [2.24, 2.45) is 11.8 Å². The van der Waals surface area contributed by atoms with Crippen molar-refractivity contribution in [3.05, 3.63) is 30.1 Å². The molecule has 1 aromatic rings. The van der Waals surface area contributed by atoms with Crippen molar-refractivity contribution in [3.63, 3.8) is 0 Å². The summed E-state index contributed by atoms with van der Waals surface area (Å²) in [5, 5.41) is 3.59. The van der Waals surface area contributed by atoms with E-state index >= 15 is 0 Å². The molecule has 3 rings (SSSR count). The quantitative estimate of drug-likeness (QED) is 0.867. The zero-order chi connectivity index (χ0) is 12.4. The van der Waals surface area contributed by atoms with Gasteiger partial charge in [-0.05, 0) is 55.4 Å². The molecule has 1 N–H and O–H groups in total. The van der Waals surface area contributed by atoms with E-state index in [1.165, 1.54) is 31.4 Å². The number of hydrogen-bond acceptors (Lipinski definition) is 2. The van der Waals surface area contributed by atoms with Gasteiger partial charge in [0.15, 0.2) is 0 Å². The highest BCUT2D eigenvalue weighted by Crippen LogP contribution is 2.36. The zero-order valence-electron chi connectivity index (χ0n) is 10.6. The Bertz CT molecular complexity index is 390. The van der Waals surface area contributed by atoms with Crippen molar-refractivity contribution in [1.82, 2.24) is 0 Å². The lowest BCUT2D eigenvalue weighted by Crippen LogP contribution is -2.42. The van der Waals surface area contributed by atoms with Gasteiger partial charge < -0.3 is 10.1 Å². The summed E-state index contributed by atoms with van der Waals surface area (Å²) >= 11 is 0. The molecule has 1 aliphatic heterocycles. The van der Waals surface area contributed by atoms with E-state index in [2.05, 4.69) is 5.32 Å². The molecule has 2 fully saturated rings. The molecule has 3 unspecified atom stereocenters. The first-order chi connectivity index (χ1) is 8.83. The Morgan fingerprint density at radius 2 is 1.94 bits per heavy atom. The highest BCUT2D eigenvalue weighted by molar-refractivity contribution is 5.44. The predicted molar refractivity (Wildman–Crippen MR) is 70.1 cm³/mol. The Morgan fingerprint density at radius 3 is 2.78 bits per heavy atom. The van der Waals surface area contributed by atoms with Crippen molar-refractivity contribution < 1.29 is 9.13 Å². The molecule has 2 aliphatic rings. The molecule has 1 aliphatic carbocycles. The van der Waals surface area contributed by atoms with Gasteiger partial charge in [-0.25, -0.2) is 4.39 Å². The summed E-state index contributed by atoms with van der Waals surface area (Å²) in [6.45, 7) is 1.81. The Labute approximate surface area is 108 Å². The molecule has 0 bridgehead atoms. The zero-order valence-corrected chi connectivity index (χ0v) is 10.6. The normalized spacial score (nSPS) is 31.7. The van der Waals surface area contributed by atoms with Crippen molar-refractivity contribution in [1.29, 1.82) is 0 Å². The third kappa shape index (κ3) is 2.51. The first kappa shape index (κ1) is 12.0. The Morgan fingerprint density at radius 1 is 1.11 bits per heavy atom. The molecule has 1 saturated heterocycles. The van der Waals surface area contributed by atoms with Gasteiger partial charge in [0, 0.05) is 24.9 Å². The summed E-state index contributed by atoms with van der Waals surface area (Å²) in [5.74, 6) is 1.26. The second-order valence-corrected chi connectivity index (χ2v) is 5.48. The molecule has 18 heavy (non-hydrogen) atoms. The standard InChI is InChI=1S/C15H20FNO/c16-12-4-6-13(7-5-12)17-15-3-1-2-11-10-18-9-8-14(11)15/h4-7,11,14-15,17H,1-3,8-10H2. The van der Waals surface area contributed by atoms with E-state index in [9.17, 15) is 4.39 Å². The summed E-state index contributed by atoms with van der Waals surface area (Å²) in [4.78, 5) is 0. The van der Waals surface area contributed by atoms with Crippen LogP contribution in [0.3, 0.4) is 0 Å². The summed E-state index contributed by atoms with van der Waals surface area (Å²) in [6, 6.07) is 7.23. The van der Waals surface area contributed by atoms with Crippen LogP contribution < -0.4 is 5.32 Å². The fraction of sp³-hybridized carbons (Fsp3) is 0.600. The lowest BCUT2D eigenvalue weighted by molar-refractivity contribution is -0.00619. The van der Waals surface area contributed by atoms with Gasteiger partial charge in [-0.1, -0.05) is 6.42 Å². The fourth-order valence-electron chi connectivity index (χ4n) is 3.39. The smallest absolute Gasteiger partial charge is 0.123 e. The van der Waals surface area contributed by atoms with Gasteiger partial charge >= 0.3 is 0 Å². The van der Waals surface area contributed by atoms with Crippen molar-refractivity contribution >= 4 is 5.69 Å². The molecule has 98 valence electrons. The third-order valence-electron chi connectivity index (χ3n) is 4.34. The summed E-state index contributed by atoms with van der Waals surface area (Å²) in [7, 11) is 0. The molecule has 1 aromatic carbocycles. The number of halogens is 1. The minimum Gasteiger partial charge on any atom is -0.382 e. The second-order valence-electron chi connectivity index (χ2n) is 5.48. The van der Waals surface area contributed by atoms with Crippen LogP contribution in [-0.2, 0) is 4.74 Å². The number of anilines is 1. The fourth-order valence-corrected chi connectivity index (χ4v) is 3.39. The molecule has 0 spiro atoms. The van der Waals surface area contributed by atoms with E-state index in [-0.39, 0.29) is 5.82 Å². The Hall–Kier alpha value is -1.09. The average Bonchev–Trinajstić information content (AvgIpc) is 2.42. The topological polar surface area (TPSA) is 21.3 Å². The van der Waals surface area contributed by atoms with Gasteiger partial charge in [-0.15, -0.1) is 0 Å². The Kier molecular flexibility index (Phi) is 3.50. The van der Waals surface area contributed by atoms with Crippen LogP contribution in [0.1, 0.15) is 25.7 Å². The molecule has 0 radical (unpaired) electrons. The van der Waals surface area contributed by atoms with E-state index in [1.807, 2.05) is 12.1 Å². The lowest BCUT2D eigenvalue weighted by atomic mass is 9.73. The van der Waals surface area contributed by atoms with Crippen LogP contribution in [0, 0.1) is 17.7 Å². The van der Waals surface area contributed by atoms with E-state index in [0.29, 0.717) is 12.0 Å². The third-order valence-corrected chi connectivity index (χ3v) is 4.34. The molecule has 1 saturated carbocycles. The maximum atomic E-state index is 12.9. The number of rotatable bonds is 2. The number of ether oxygens (including phenoxy) is 1. The maximum absolute atomic E-state index is 12.9. The number of hydrogen-bond donors (Lipinski definition) is 1. The minimum atomic E-state index is -0.173. The second kappa shape index (κ2) is 5.27. The molecule has 0 aromatic heterocycles. The molecule has 0 amide bonds. The van der Waals surface area contributed by atoms with Crippen LogP contribution in [0.15, 0.2) is 24.3 Å². The van der Waals surface area contributed by atoms with Crippen LogP contribution in [-0.4, -0.2) is 19.3 Å². The van der Waals surface area contributed by atoms with E-state index in [1.54, 1.807) is 0 Å². The van der Waals surface area contributed by atoms with Gasteiger partial charge in [0.1, 0.15) is 5.82 Å². The van der Waals surface area contributed by atoms with Crippen molar-refractivity contribution in [2.75, 3.05) is 18.5 Å². The maximum Gasteiger partial charge on any atom is 0.123 e. The molecule has 2 nitrogen and oxygen atoms in total. The Balaban J connectivity index is 1.69. The molecular weight excluding hydrogens is 229 g/mol. The summed E-state index contributed by atoms with van der Waals surface area (Å²) < 4.78 is 18.5. The first-order valence-electron chi connectivity index (χ1n) is 6.93. The van der Waals surface area contributed by atoms with Gasteiger partial charge in [0.25, 0.3) is 0 Å². The molecule has 3 heteroatoms. The van der Waals surface area contributed by atoms with Crippen LogP contribution in [0.2, 0.25) is 0 Å². The van der Waals surface area contributed by atoms with Gasteiger partial charge in [-0.2, -0.15) is 0 Å². The highest BCUT2D eigenvalue weighted by atomic mass is 19.1. The van der Waals surface area contributed by atoms with E-state index < -0.39 is 0 Å².